The van der Waals surface area contributed by atoms with E-state index in [0.717, 1.165) is 5.39 Å². The lowest BCUT2D eigenvalue weighted by molar-refractivity contribution is 0.448. The van der Waals surface area contributed by atoms with Crippen molar-refractivity contribution in [2.75, 3.05) is 0 Å². The number of hydrogen-bond acceptors (Lipinski definition) is 4. The summed E-state index contributed by atoms with van der Waals surface area (Å²) in [6.45, 7) is 0. The van der Waals surface area contributed by atoms with Crippen LogP contribution in [0.2, 0.25) is 0 Å². The number of H-pyrrole nitrogens is 1. The third-order valence-corrected chi connectivity index (χ3v) is 1.58. The highest BCUT2D eigenvalue weighted by Crippen LogP contribution is 2.04. The number of nitrogens with zero attached hydrogens (tertiary/aromatic N) is 1. The van der Waals surface area contributed by atoms with Crippen LogP contribution in [-0.4, -0.2) is 27.9 Å². The molecule has 2 aromatic rings. The van der Waals surface area contributed by atoms with Crippen LogP contribution >= 0.6 is 0 Å². The minimum Gasteiger partial charge on any atom is -0.430 e. The fourth-order valence-corrected chi connectivity index (χ4v) is 1.04. The summed E-state index contributed by atoms with van der Waals surface area (Å²) in [6.07, 6.45) is 1.64. The SMILES string of the molecule is O=c1[nH]ncc2ccccc12.OBO. The molecular formula is C8H9BN2O3. The Hall–Kier alpha value is -1.66. The molecular weight excluding hydrogens is 183 g/mol. The van der Waals surface area contributed by atoms with Gasteiger partial charge in [-0.15, -0.1) is 0 Å². The summed E-state index contributed by atoms with van der Waals surface area (Å²) >= 11 is 0. The molecule has 72 valence electrons. The molecule has 0 spiro atoms. The molecule has 1 aromatic heterocycles. The van der Waals surface area contributed by atoms with Crippen LogP contribution in [0.4, 0.5) is 0 Å². The number of fused-ring (bicyclic) bond motifs is 1. The molecule has 0 bridgehead atoms. The first-order valence-electron chi connectivity index (χ1n) is 3.93. The van der Waals surface area contributed by atoms with Crippen molar-refractivity contribution in [3.05, 3.63) is 40.8 Å². The van der Waals surface area contributed by atoms with Gasteiger partial charge in [0.15, 0.2) is 0 Å². The average molecular weight is 192 g/mol. The maximum Gasteiger partial charge on any atom is 0.432 e. The molecule has 0 unspecified atom stereocenters. The van der Waals surface area contributed by atoms with Crippen molar-refractivity contribution in [2.24, 2.45) is 0 Å². The van der Waals surface area contributed by atoms with Gasteiger partial charge in [-0.25, -0.2) is 5.10 Å². The predicted octanol–water partition coefficient (Wildman–Crippen LogP) is -0.839. The molecule has 0 fully saturated rings. The largest absolute Gasteiger partial charge is 0.432 e. The van der Waals surface area contributed by atoms with Crippen molar-refractivity contribution in [1.82, 2.24) is 10.2 Å². The van der Waals surface area contributed by atoms with Gasteiger partial charge in [0.2, 0.25) is 0 Å². The van der Waals surface area contributed by atoms with Crippen molar-refractivity contribution in [3.63, 3.8) is 0 Å². The second-order valence-corrected chi connectivity index (χ2v) is 2.43. The van der Waals surface area contributed by atoms with Gasteiger partial charge in [0.1, 0.15) is 0 Å². The van der Waals surface area contributed by atoms with E-state index in [1.807, 2.05) is 18.2 Å². The normalized spacial score (nSPS) is 9.00. The Labute approximate surface area is 80.3 Å². The summed E-state index contributed by atoms with van der Waals surface area (Å²) in [7, 11) is -0.750. The number of benzene rings is 1. The standard InChI is InChI=1S/C8H6N2O.BH3O2/c11-8-7-4-2-1-3-6(7)5-9-10-8;2-1-3/h1-5H,(H,10,11);1-3H. The molecule has 0 atom stereocenters. The third kappa shape index (κ3) is 2.41. The molecule has 0 saturated heterocycles. The molecule has 0 aliphatic heterocycles. The molecule has 0 aliphatic carbocycles. The van der Waals surface area contributed by atoms with Crippen LogP contribution in [0.5, 0.6) is 0 Å². The molecule has 0 radical (unpaired) electrons. The highest BCUT2D eigenvalue weighted by molar-refractivity contribution is 6.13. The van der Waals surface area contributed by atoms with E-state index in [1.54, 1.807) is 12.3 Å². The van der Waals surface area contributed by atoms with E-state index >= 15 is 0 Å². The molecule has 1 aromatic carbocycles. The molecule has 5 nitrogen and oxygen atoms in total. The zero-order chi connectivity index (χ0) is 10.4. The molecule has 0 amide bonds. The smallest absolute Gasteiger partial charge is 0.430 e. The Bertz CT molecular complexity index is 452. The molecule has 1 heterocycles. The third-order valence-electron chi connectivity index (χ3n) is 1.58. The first kappa shape index (κ1) is 10.4. The Morgan fingerprint density at radius 1 is 1.29 bits per heavy atom. The van der Waals surface area contributed by atoms with Crippen LogP contribution in [0.1, 0.15) is 0 Å². The van der Waals surface area contributed by atoms with E-state index in [1.165, 1.54) is 0 Å². The second-order valence-electron chi connectivity index (χ2n) is 2.43. The number of aromatic nitrogens is 2. The van der Waals surface area contributed by atoms with Crippen molar-refractivity contribution in [2.45, 2.75) is 0 Å². The topological polar surface area (TPSA) is 86.2 Å². The molecule has 14 heavy (non-hydrogen) atoms. The first-order valence-corrected chi connectivity index (χ1v) is 3.93. The fourth-order valence-electron chi connectivity index (χ4n) is 1.04. The summed E-state index contributed by atoms with van der Waals surface area (Å²) in [5, 5.41) is 21.8. The average Bonchev–Trinajstić information content (AvgIpc) is 2.20. The van der Waals surface area contributed by atoms with Gasteiger partial charge in [0.25, 0.3) is 5.56 Å². The Morgan fingerprint density at radius 2 is 1.93 bits per heavy atom. The molecule has 2 rings (SSSR count). The highest BCUT2D eigenvalue weighted by Gasteiger charge is 1.93. The van der Waals surface area contributed by atoms with Crippen molar-refractivity contribution in [1.29, 1.82) is 0 Å². The summed E-state index contributed by atoms with van der Waals surface area (Å²) < 4.78 is 0. The van der Waals surface area contributed by atoms with Gasteiger partial charge >= 0.3 is 7.69 Å². The summed E-state index contributed by atoms with van der Waals surface area (Å²) in [6, 6.07) is 7.34. The molecule has 0 saturated carbocycles. The molecule has 3 N–H and O–H groups in total. The van der Waals surface area contributed by atoms with Gasteiger partial charge in [-0.1, -0.05) is 18.2 Å². The summed E-state index contributed by atoms with van der Waals surface area (Å²) in [5.74, 6) is 0. The number of rotatable bonds is 0. The Balaban J connectivity index is 0.000000293. The van der Waals surface area contributed by atoms with Crippen LogP contribution < -0.4 is 5.56 Å². The van der Waals surface area contributed by atoms with E-state index in [0.29, 0.717) is 5.39 Å². The van der Waals surface area contributed by atoms with Gasteiger partial charge in [-0.3, -0.25) is 4.79 Å². The number of hydrogen-bond donors (Lipinski definition) is 3. The van der Waals surface area contributed by atoms with Gasteiger partial charge < -0.3 is 10.0 Å². The van der Waals surface area contributed by atoms with E-state index in [4.69, 9.17) is 10.0 Å². The second kappa shape index (κ2) is 5.16. The number of aromatic amines is 1. The van der Waals surface area contributed by atoms with Crippen LogP contribution in [0.25, 0.3) is 10.8 Å². The van der Waals surface area contributed by atoms with Crippen molar-refractivity contribution < 1.29 is 10.0 Å². The fraction of sp³-hybridized carbons (Fsp3) is 0. The first-order chi connectivity index (χ1) is 6.79. The lowest BCUT2D eigenvalue weighted by Crippen LogP contribution is -2.06. The maximum atomic E-state index is 11.1. The molecule has 0 aliphatic rings. The van der Waals surface area contributed by atoms with Crippen LogP contribution in [0.3, 0.4) is 0 Å². The quantitative estimate of drug-likeness (QED) is 0.475. The van der Waals surface area contributed by atoms with E-state index in [-0.39, 0.29) is 5.56 Å². The maximum absolute atomic E-state index is 11.1. The summed E-state index contributed by atoms with van der Waals surface area (Å²) in [4.78, 5) is 11.1. The Morgan fingerprint density at radius 3 is 2.57 bits per heavy atom. The van der Waals surface area contributed by atoms with Crippen LogP contribution in [0, 0.1) is 0 Å². The van der Waals surface area contributed by atoms with Gasteiger partial charge in [-0.05, 0) is 6.07 Å². The van der Waals surface area contributed by atoms with Crippen LogP contribution in [0.15, 0.2) is 35.3 Å². The van der Waals surface area contributed by atoms with E-state index in [2.05, 4.69) is 10.2 Å². The van der Waals surface area contributed by atoms with Gasteiger partial charge in [0.05, 0.1) is 6.20 Å². The van der Waals surface area contributed by atoms with Gasteiger partial charge in [0, 0.05) is 10.8 Å². The van der Waals surface area contributed by atoms with Crippen molar-refractivity contribution >= 4 is 18.5 Å². The number of nitrogens with one attached hydrogen (secondary N) is 1. The van der Waals surface area contributed by atoms with E-state index in [9.17, 15) is 4.79 Å². The minimum absolute atomic E-state index is 0.136. The highest BCUT2D eigenvalue weighted by atomic mass is 16.4. The minimum atomic E-state index is -0.750. The molecule has 6 heteroatoms. The Kier molecular flexibility index (Phi) is 3.84. The zero-order valence-corrected chi connectivity index (χ0v) is 7.34. The predicted molar refractivity (Wildman–Crippen MR) is 54.0 cm³/mol. The van der Waals surface area contributed by atoms with Crippen LogP contribution in [-0.2, 0) is 0 Å². The van der Waals surface area contributed by atoms with Gasteiger partial charge in [-0.2, -0.15) is 5.10 Å². The summed E-state index contributed by atoms with van der Waals surface area (Å²) in [5.41, 5.74) is -0.136. The van der Waals surface area contributed by atoms with E-state index < -0.39 is 7.69 Å². The van der Waals surface area contributed by atoms with Crippen molar-refractivity contribution in [3.8, 4) is 0 Å². The lowest BCUT2D eigenvalue weighted by atomic mass is 10.2. The zero-order valence-electron chi connectivity index (χ0n) is 7.34. The lowest BCUT2D eigenvalue weighted by Gasteiger charge is -1.91. The monoisotopic (exact) mass is 192 g/mol.